The molecule has 4 nitrogen and oxygen atoms in total. The smallest absolute Gasteiger partial charge is 0.242 e. The molecular formula is C22H25Cl3N2O2. The average molecular weight is 456 g/mol. The lowest BCUT2D eigenvalue weighted by Gasteiger charge is -2.31. The molecule has 2 amide bonds. The van der Waals surface area contributed by atoms with Gasteiger partial charge in [-0.25, -0.2) is 0 Å². The van der Waals surface area contributed by atoms with E-state index in [2.05, 4.69) is 5.32 Å². The molecule has 0 aliphatic heterocycles. The molecule has 2 aromatic carbocycles. The molecular weight excluding hydrogens is 431 g/mol. The SMILES string of the molecule is CCCNC(=O)[C@@H](CC)N(Cc1ccc(Cl)c(Cl)c1)C(=O)Cc1ccc(Cl)cc1. The highest BCUT2D eigenvalue weighted by Gasteiger charge is 2.28. The summed E-state index contributed by atoms with van der Waals surface area (Å²) in [6.07, 6.45) is 1.51. The van der Waals surface area contributed by atoms with Crippen LogP contribution in [0.3, 0.4) is 0 Å². The first kappa shape index (κ1) is 23.5. The van der Waals surface area contributed by atoms with Crippen molar-refractivity contribution in [1.29, 1.82) is 0 Å². The second-order valence-electron chi connectivity index (χ2n) is 6.79. The van der Waals surface area contributed by atoms with E-state index in [4.69, 9.17) is 34.8 Å². The number of nitrogens with one attached hydrogen (secondary N) is 1. The molecule has 2 aromatic rings. The van der Waals surface area contributed by atoms with Gasteiger partial charge < -0.3 is 10.2 Å². The van der Waals surface area contributed by atoms with Crippen molar-refractivity contribution in [2.75, 3.05) is 6.54 Å². The monoisotopic (exact) mass is 454 g/mol. The van der Waals surface area contributed by atoms with Gasteiger partial charge in [0.25, 0.3) is 0 Å². The van der Waals surface area contributed by atoms with Crippen LogP contribution < -0.4 is 5.32 Å². The maximum absolute atomic E-state index is 13.2. The molecule has 0 saturated carbocycles. The molecule has 2 rings (SSSR count). The van der Waals surface area contributed by atoms with Gasteiger partial charge in [0.2, 0.25) is 11.8 Å². The van der Waals surface area contributed by atoms with Gasteiger partial charge in [0, 0.05) is 18.1 Å². The van der Waals surface area contributed by atoms with E-state index < -0.39 is 6.04 Å². The number of benzene rings is 2. The van der Waals surface area contributed by atoms with Crippen molar-refractivity contribution in [3.05, 3.63) is 68.7 Å². The van der Waals surface area contributed by atoms with Crippen LogP contribution in [0.5, 0.6) is 0 Å². The number of carbonyl (C=O) groups is 2. The van der Waals surface area contributed by atoms with Crippen molar-refractivity contribution in [2.45, 2.75) is 45.7 Å². The topological polar surface area (TPSA) is 49.4 Å². The lowest BCUT2D eigenvalue weighted by molar-refractivity contribution is -0.140. The third-order valence-corrected chi connectivity index (χ3v) is 5.53. The Kier molecular flexibility index (Phi) is 9.28. The fourth-order valence-electron chi connectivity index (χ4n) is 3.00. The van der Waals surface area contributed by atoms with E-state index in [9.17, 15) is 9.59 Å². The molecule has 0 aliphatic rings. The van der Waals surface area contributed by atoms with Gasteiger partial charge in [-0.2, -0.15) is 0 Å². The first-order valence-corrected chi connectivity index (χ1v) is 10.7. The number of halogens is 3. The summed E-state index contributed by atoms with van der Waals surface area (Å²) in [6.45, 7) is 4.72. The second kappa shape index (κ2) is 11.4. The molecule has 156 valence electrons. The molecule has 29 heavy (non-hydrogen) atoms. The van der Waals surface area contributed by atoms with Gasteiger partial charge in [-0.15, -0.1) is 0 Å². The van der Waals surface area contributed by atoms with Crippen molar-refractivity contribution < 1.29 is 9.59 Å². The minimum Gasteiger partial charge on any atom is -0.354 e. The standard InChI is InChI=1S/C22H25Cl3N2O2/c1-3-11-26-22(29)20(4-2)27(14-16-7-10-18(24)19(25)12-16)21(28)13-15-5-8-17(23)9-6-15/h5-10,12,20H,3-4,11,13-14H2,1-2H3,(H,26,29)/t20-/m1/s1. The van der Waals surface area contributed by atoms with Crippen LogP contribution in [0.25, 0.3) is 0 Å². The van der Waals surface area contributed by atoms with Crippen molar-refractivity contribution in [2.24, 2.45) is 0 Å². The van der Waals surface area contributed by atoms with Gasteiger partial charge in [-0.05, 0) is 48.2 Å². The summed E-state index contributed by atoms with van der Waals surface area (Å²) in [5.41, 5.74) is 1.65. The molecule has 0 unspecified atom stereocenters. The molecule has 0 spiro atoms. The largest absolute Gasteiger partial charge is 0.354 e. The highest BCUT2D eigenvalue weighted by atomic mass is 35.5. The fraction of sp³-hybridized carbons (Fsp3) is 0.364. The predicted molar refractivity (Wildman–Crippen MR) is 120 cm³/mol. The quantitative estimate of drug-likeness (QED) is 0.541. The number of nitrogens with zero attached hydrogens (tertiary/aromatic N) is 1. The maximum Gasteiger partial charge on any atom is 0.242 e. The minimum absolute atomic E-state index is 0.142. The Balaban J connectivity index is 2.28. The van der Waals surface area contributed by atoms with Gasteiger partial charge in [0.15, 0.2) is 0 Å². The summed E-state index contributed by atoms with van der Waals surface area (Å²) < 4.78 is 0. The number of carbonyl (C=O) groups excluding carboxylic acids is 2. The van der Waals surface area contributed by atoms with Crippen LogP contribution in [-0.2, 0) is 22.6 Å². The molecule has 0 aliphatic carbocycles. The van der Waals surface area contributed by atoms with Crippen LogP contribution in [0.1, 0.15) is 37.8 Å². The molecule has 7 heteroatoms. The Labute approximate surface area is 187 Å². The van der Waals surface area contributed by atoms with E-state index in [1.807, 2.05) is 32.0 Å². The van der Waals surface area contributed by atoms with Gasteiger partial charge in [0.05, 0.1) is 16.5 Å². The first-order valence-electron chi connectivity index (χ1n) is 9.61. The fourth-order valence-corrected chi connectivity index (χ4v) is 3.45. The summed E-state index contributed by atoms with van der Waals surface area (Å²) in [6, 6.07) is 11.8. The summed E-state index contributed by atoms with van der Waals surface area (Å²) >= 11 is 18.1. The van der Waals surface area contributed by atoms with Crippen LogP contribution in [0.4, 0.5) is 0 Å². The summed E-state index contributed by atoms with van der Waals surface area (Å²) in [4.78, 5) is 27.5. The zero-order valence-electron chi connectivity index (χ0n) is 16.6. The summed E-state index contributed by atoms with van der Waals surface area (Å²) in [5.74, 6) is -0.296. The molecule has 1 atom stereocenters. The van der Waals surface area contributed by atoms with Crippen molar-refractivity contribution in [3.63, 3.8) is 0 Å². The maximum atomic E-state index is 13.2. The molecule has 0 radical (unpaired) electrons. The van der Waals surface area contributed by atoms with E-state index >= 15 is 0 Å². The second-order valence-corrected chi connectivity index (χ2v) is 8.04. The molecule has 0 bridgehead atoms. The Morgan fingerprint density at radius 3 is 2.21 bits per heavy atom. The molecule has 0 fully saturated rings. The Hall–Kier alpha value is -1.75. The van der Waals surface area contributed by atoms with Gasteiger partial charge in [-0.3, -0.25) is 9.59 Å². The molecule has 0 aromatic heterocycles. The number of amides is 2. The Morgan fingerprint density at radius 1 is 0.966 bits per heavy atom. The number of rotatable bonds is 9. The lowest BCUT2D eigenvalue weighted by Crippen LogP contribution is -2.49. The predicted octanol–water partition coefficient (Wildman–Crippen LogP) is 5.52. The minimum atomic E-state index is -0.573. The summed E-state index contributed by atoms with van der Waals surface area (Å²) in [7, 11) is 0. The van der Waals surface area contributed by atoms with E-state index in [1.165, 1.54) is 0 Å². The van der Waals surface area contributed by atoms with Crippen molar-refractivity contribution in [1.82, 2.24) is 10.2 Å². The van der Waals surface area contributed by atoms with Gasteiger partial charge in [-0.1, -0.05) is 66.8 Å². The summed E-state index contributed by atoms with van der Waals surface area (Å²) in [5, 5.41) is 4.37. The highest BCUT2D eigenvalue weighted by Crippen LogP contribution is 2.24. The van der Waals surface area contributed by atoms with E-state index in [0.29, 0.717) is 28.0 Å². The van der Waals surface area contributed by atoms with Crippen LogP contribution in [0.2, 0.25) is 15.1 Å². The normalized spacial score (nSPS) is 11.8. The van der Waals surface area contributed by atoms with Crippen LogP contribution in [0.15, 0.2) is 42.5 Å². The van der Waals surface area contributed by atoms with Crippen LogP contribution in [0, 0.1) is 0 Å². The lowest BCUT2D eigenvalue weighted by atomic mass is 10.1. The highest BCUT2D eigenvalue weighted by molar-refractivity contribution is 6.42. The number of hydrogen-bond donors (Lipinski definition) is 1. The average Bonchev–Trinajstić information content (AvgIpc) is 2.70. The third kappa shape index (κ3) is 6.91. The number of hydrogen-bond acceptors (Lipinski definition) is 2. The Morgan fingerprint density at radius 2 is 1.62 bits per heavy atom. The van der Waals surface area contributed by atoms with Gasteiger partial charge >= 0.3 is 0 Å². The van der Waals surface area contributed by atoms with Crippen LogP contribution >= 0.6 is 34.8 Å². The molecule has 0 heterocycles. The van der Waals surface area contributed by atoms with E-state index in [1.54, 1.807) is 29.2 Å². The first-order chi connectivity index (χ1) is 13.8. The zero-order chi connectivity index (χ0) is 21.4. The molecule has 1 N–H and O–H groups in total. The third-order valence-electron chi connectivity index (χ3n) is 4.54. The van der Waals surface area contributed by atoms with E-state index in [-0.39, 0.29) is 24.8 Å². The molecule has 0 saturated heterocycles. The van der Waals surface area contributed by atoms with Crippen molar-refractivity contribution in [3.8, 4) is 0 Å². The zero-order valence-corrected chi connectivity index (χ0v) is 18.8. The Bertz CT molecular complexity index is 840. The van der Waals surface area contributed by atoms with Crippen LogP contribution in [-0.4, -0.2) is 29.3 Å². The van der Waals surface area contributed by atoms with Gasteiger partial charge in [0.1, 0.15) is 6.04 Å². The van der Waals surface area contributed by atoms with E-state index in [0.717, 1.165) is 17.5 Å². The van der Waals surface area contributed by atoms with Crippen molar-refractivity contribution >= 4 is 46.6 Å².